The molecule has 10 nitrogen and oxygen atoms in total. The van der Waals surface area contributed by atoms with Crippen molar-refractivity contribution in [1.82, 2.24) is 25.3 Å². The normalized spacial score (nSPS) is 12.6. The number of anilines is 2. The lowest BCUT2D eigenvalue weighted by Gasteiger charge is -2.32. The van der Waals surface area contributed by atoms with E-state index in [1.54, 1.807) is 26.6 Å². The van der Waals surface area contributed by atoms with Crippen LogP contribution in [0.2, 0.25) is 0 Å². The van der Waals surface area contributed by atoms with Crippen molar-refractivity contribution in [2.24, 2.45) is 0 Å². The first-order valence-electron chi connectivity index (χ1n) is 11.3. The maximum Gasteiger partial charge on any atom is 0.227 e. The zero-order chi connectivity index (χ0) is 24.6. The smallest absolute Gasteiger partial charge is 0.227 e. The van der Waals surface area contributed by atoms with E-state index in [9.17, 15) is 4.79 Å². The van der Waals surface area contributed by atoms with Crippen LogP contribution in [0, 0.1) is 0 Å². The number of hydrogen-bond acceptors (Lipinski definition) is 9. The number of fused-ring (bicyclic) bond motifs is 1. The van der Waals surface area contributed by atoms with Crippen molar-refractivity contribution in [2.75, 3.05) is 31.4 Å². The largest absolute Gasteiger partial charge is 0.497 e. The lowest BCUT2D eigenvalue weighted by atomic mass is 9.94. The third kappa shape index (κ3) is 6.43. The van der Waals surface area contributed by atoms with Crippen LogP contribution in [0.3, 0.4) is 0 Å². The van der Waals surface area contributed by atoms with Crippen LogP contribution in [-0.4, -0.2) is 52.1 Å². The number of hydrogen-bond donors (Lipinski definition) is 3. The Morgan fingerprint density at radius 1 is 1.12 bits per heavy atom. The van der Waals surface area contributed by atoms with E-state index in [1.165, 1.54) is 6.92 Å². The molecule has 0 saturated heterocycles. The van der Waals surface area contributed by atoms with Crippen LogP contribution < -0.4 is 25.4 Å². The Hall–Kier alpha value is -3.69. The fourth-order valence-corrected chi connectivity index (χ4v) is 3.57. The van der Waals surface area contributed by atoms with Gasteiger partial charge in [0.1, 0.15) is 11.5 Å². The molecule has 34 heavy (non-hydrogen) atoms. The molecular weight excluding hydrogens is 434 g/mol. The molecule has 0 radical (unpaired) electrons. The van der Waals surface area contributed by atoms with E-state index in [0.29, 0.717) is 41.8 Å². The van der Waals surface area contributed by atoms with Crippen molar-refractivity contribution in [2.45, 2.75) is 52.1 Å². The molecule has 3 N–H and O–H groups in total. The van der Waals surface area contributed by atoms with Gasteiger partial charge < -0.3 is 25.4 Å². The highest BCUT2D eigenvalue weighted by atomic mass is 16.5. The number of nitrogens with one attached hydrogen (secondary N) is 3. The van der Waals surface area contributed by atoms with Gasteiger partial charge in [0.05, 0.1) is 19.8 Å². The molecule has 0 bridgehead atoms. The summed E-state index contributed by atoms with van der Waals surface area (Å²) in [7, 11) is 3.24. The lowest BCUT2D eigenvalue weighted by Crippen LogP contribution is -2.46. The van der Waals surface area contributed by atoms with Crippen molar-refractivity contribution in [3.8, 4) is 11.5 Å². The SMILES string of the molecule is CCCCC(C)(CNC(C)=O)Nc1nc(NCc2ccc(OC)cc2OC)nc2nccnc12. The highest BCUT2D eigenvalue weighted by Crippen LogP contribution is 2.27. The second-order valence-electron chi connectivity index (χ2n) is 8.35. The van der Waals surface area contributed by atoms with E-state index in [1.807, 2.05) is 18.2 Å². The third-order valence-corrected chi connectivity index (χ3v) is 5.49. The van der Waals surface area contributed by atoms with Crippen molar-refractivity contribution >= 4 is 28.8 Å². The summed E-state index contributed by atoms with van der Waals surface area (Å²) < 4.78 is 10.8. The van der Waals surface area contributed by atoms with Crippen LogP contribution >= 0.6 is 0 Å². The zero-order valence-corrected chi connectivity index (χ0v) is 20.4. The van der Waals surface area contributed by atoms with Gasteiger partial charge in [0.25, 0.3) is 0 Å². The van der Waals surface area contributed by atoms with Crippen molar-refractivity contribution in [3.63, 3.8) is 0 Å². The molecular formula is C24H33N7O3. The molecule has 0 fully saturated rings. The molecule has 0 spiro atoms. The Labute approximate surface area is 199 Å². The number of benzene rings is 1. The standard InChI is InChI=1S/C24H33N7O3/c1-6-7-10-24(3,15-28-16(2)32)31-22-20-21(26-12-11-25-20)29-23(30-22)27-14-17-8-9-18(33-4)13-19(17)34-5/h8-9,11-13H,6-7,10,14-15H2,1-5H3,(H,28,32)(H2,26,27,29,30,31). The Bertz CT molecular complexity index is 1120. The maximum atomic E-state index is 11.6. The molecule has 3 aromatic rings. The number of carbonyl (C=O) groups is 1. The molecule has 3 rings (SSSR count). The average Bonchev–Trinajstić information content (AvgIpc) is 2.85. The van der Waals surface area contributed by atoms with Gasteiger partial charge in [0.15, 0.2) is 17.0 Å². The monoisotopic (exact) mass is 467 g/mol. The van der Waals surface area contributed by atoms with E-state index >= 15 is 0 Å². The van der Waals surface area contributed by atoms with Gasteiger partial charge in [-0.2, -0.15) is 9.97 Å². The number of rotatable bonds is 12. The van der Waals surface area contributed by atoms with Gasteiger partial charge in [0.2, 0.25) is 11.9 Å². The Morgan fingerprint density at radius 2 is 1.91 bits per heavy atom. The number of unbranched alkanes of at least 4 members (excludes halogenated alkanes) is 1. The predicted molar refractivity (Wildman–Crippen MR) is 132 cm³/mol. The second kappa shape index (κ2) is 11.4. The molecule has 0 aliphatic heterocycles. The summed E-state index contributed by atoms with van der Waals surface area (Å²) in [6.07, 6.45) is 6.10. The van der Waals surface area contributed by atoms with E-state index in [0.717, 1.165) is 30.6 Å². The molecule has 10 heteroatoms. The zero-order valence-electron chi connectivity index (χ0n) is 20.4. The van der Waals surface area contributed by atoms with Crippen LogP contribution in [-0.2, 0) is 11.3 Å². The van der Waals surface area contributed by atoms with E-state index in [2.05, 4.69) is 44.7 Å². The minimum absolute atomic E-state index is 0.0762. The highest BCUT2D eigenvalue weighted by molar-refractivity contribution is 5.83. The van der Waals surface area contributed by atoms with E-state index in [4.69, 9.17) is 14.5 Å². The number of amides is 1. The first-order valence-corrected chi connectivity index (χ1v) is 11.3. The maximum absolute atomic E-state index is 11.6. The van der Waals surface area contributed by atoms with E-state index < -0.39 is 5.54 Å². The molecule has 2 heterocycles. The molecule has 0 aliphatic rings. The molecule has 0 saturated carbocycles. The van der Waals surface area contributed by atoms with Gasteiger partial charge in [-0.1, -0.05) is 19.8 Å². The minimum atomic E-state index is -0.420. The fourth-order valence-electron chi connectivity index (χ4n) is 3.57. The summed E-state index contributed by atoms with van der Waals surface area (Å²) in [5.41, 5.74) is 1.55. The molecule has 182 valence electrons. The molecule has 1 aromatic carbocycles. The molecule has 1 unspecified atom stereocenters. The van der Waals surface area contributed by atoms with Gasteiger partial charge in [-0.05, 0) is 25.5 Å². The quantitative estimate of drug-likeness (QED) is 0.367. The summed E-state index contributed by atoms with van der Waals surface area (Å²) in [5, 5.41) is 9.71. The first kappa shape index (κ1) is 24.9. The van der Waals surface area contributed by atoms with Crippen LogP contribution in [0.25, 0.3) is 11.2 Å². The van der Waals surface area contributed by atoms with Crippen molar-refractivity contribution < 1.29 is 14.3 Å². The lowest BCUT2D eigenvalue weighted by molar-refractivity contribution is -0.119. The van der Waals surface area contributed by atoms with E-state index in [-0.39, 0.29) is 5.91 Å². The van der Waals surface area contributed by atoms with Crippen LogP contribution in [0.4, 0.5) is 11.8 Å². The van der Waals surface area contributed by atoms with Crippen LogP contribution in [0.15, 0.2) is 30.6 Å². The number of aromatic nitrogens is 4. The molecule has 1 amide bonds. The predicted octanol–water partition coefficient (Wildman–Crippen LogP) is 3.55. The van der Waals surface area contributed by atoms with Gasteiger partial charge >= 0.3 is 0 Å². The highest BCUT2D eigenvalue weighted by Gasteiger charge is 2.26. The topological polar surface area (TPSA) is 123 Å². The van der Waals surface area contributed by atoms with Crippen molar-refractivity contribution in [1.29, 1.82) is 0 Å². The van der Waals surface area contributed by atoms with Crippen LogP contribution in [0.5, 0.6) is 11.5 Å². The number of nitrogens with zero attached hydrogens (tertiary/aromatic N) is 4. The number of carbonyl (C=O) groups excluding carboxylic acids is 1. The second-order valence-corrected chi connectivity index (χ2v) is 8.35. The van der Waals surface area contributed by atoms with Gasteiger partial charge in [-0.3, -0.25) is 4.79 Å². The van der Waals surface area contributed by atoms with Gasteiger partial charge in [-0.15, -0.1) is 0 Å². The summed E-state index contributed by atoms with van der Waals surface area (Å²) in [5.74, 6) is 2.31. The Kier molecular flexibility index (Phi) is 8.39. The first-order chi connectivity index (χ1) is 16.4. The average molecular weight is 468 g/mol. The number of methoxy groups -OCH3 is 2. The Morgan fingerprint density at radius 3 is 2.62 bits per heavy atom. The van der Waals surface area contributed by atoms with Crippen LogP contribution in [0.1, 0.15) is 45.6 Å². The van der Waals surface area contributed by atoms with Gasteiger partial charge in [0, 0.05) is 44.0 Å². The summed E-state index contributed by atoms with van der Waals surface area (Å²) in [6.45, 7) is 6.62. The third-order valence-electron chi connectivity index (χ3n) is 5.49. The minimum Gasteiger partial charge on any atom is -0.497 e. The summed E-state index contributed by atoms with van der Waals surface area (Å²) in [4.78, 5) is 29.7. The molecule has 0 aliphatic carbocycles. The molecule has 1 atom stereocenters. The summed E-state index contributed by atoms with van der Waals surface area (Å²) in [6, 6.07) is 5.64. The fraction of sp³-hybridized carbons (Fsp3) is 0.458. The Balaban J connectivity index is 1.89. The number of ether oxygens (including phenoxy) is 2. The summed E-state index contributed by atoms with van der Waals surface area (Å²) >= 11 is 0. The van der Waals surface area contributed by atoms with Gasteiger partial charge in [-0.25, -0.2) is 9.97 Å². The molecule has 2 aromatic heterocycles. The van der Waals surface area contributed by atoms with Crippen molar-refractivity contribution in [3.05, 3.63) is 36.2 Å².